The number of aliphatic hydroxyl groups is 1. The molecule has 1 fully saturated rings. The summed E-state index contributed by atoms with van der Waals surface area (Å²) in [4.78, 5) is 3.86. The first kappa shape index (κ1) is 13.3. The first-order valence-corrected chi connectivity index (χ1v) is 7.34. The Morgan fingerprint density at radius 2 is 2.22 bits per heavy atom. The summed E-state index contributed by atoms with van der Waals surface area (Å²) in [6.45, 7) is -0.120. The van der Waals surface area contributed by atoms with Crippen LogP contribution in [0.2, 0.25) is 0 Å². The molecule has 3 N–H and O–H groups in total. The van der Waals surface area contributed by atoms with Crippen molar-refractivity contribution in [2.75, 3.05) is 18.9 Å². The van der Waals surface area contributed by atoms with Crippen molar-refractivity contribution in [1.29, 1.82) is 0 Å². The van der Waals surface area contributed by atoms with Gasteiger partial charge in [-0.25, -0.2) is 13.4 Å². The Labute approximate surface area is 106 Å². The van der Waals surface area contributed by atoms with Gasteiger partial charge in [0, 0.05) is 18.8 Å². The molecule has 0 aliphatic heterocycles. The molecule has 1 aliphatic carbocycles. The van der Waals surface area contributed by atoms with E-state index in [1.807, 2.05) is 0 Å². The van der Waals surface area contributed by atoms with E-state index in [2.05, 4.69) is 4.98 Å². The van der Waals surface area contributed by atoms with Gasteiger partial charge in [-0.3, -0.25) is 0 Å². The molecule has 0 unspecified atom stereocenters. The fourth-order valence-corrected chi connectivity index (χ4v) is 3.71. The number of nitrogens with zero attached hydrogens (tertiary/aromatic N) is 2. The molecule has 100 valence electrons. The molecule has 6 nitrogen and oxygen atoms in total. The number of sulfonamides is 1. The summed E-state index contributed by atoms with van der Waals surface area (Å²) in [6, 6.07) is 3.06. The number of aliphatic hydroxyl groups excluding tert-OH is 1. The molecule has 0 saturated heterocycles. The van der Waals surface area contributed by atoms with Gasteiger partial charge in [-0.1, -0.05) is 6.42 Å². The van der Waals surface area contributed by atoms with E-state index in [0.29, 0.717) is 0 Å². The minimum atomic E-state index is -3.72. The van der Waals surface area contributed by atoms with E-state index in [1.165, 1.54) is 16.6 Å². The number of anilines is 1. The summed E-state index contributed by atoms with van der Waals surface area (Å²) in [5, 5.41) is 8.91. The third-order valence-corrected chi connectivity index (χ3v) is 5.08. The second-order valence-corrected chi connectivity index (χ2v) is 6.13. The Balaban J connectivity index is 2.36. The van der Waals surface area contributed by atoms with E-state index in [1.54, 1.807) is 6.07 Å². The minimum absolute atomic E-state index is 0.0384. The Morgan fingerprint density at radius 1 is 1.50 bits per heavy atom. The van der Waals surface area contributed by atoms with Gasteiger partial charge in [0.15, 0.2) is 5.03 Å². The van der Waals surface area contributed by atoms with Crippen molar-refractivity contribution < 1.29 is 13.5 Å². The lowest BCUT2D eigenvalue weighted by molar-refractivity contribution is 0.178. The fraction of sp³-hybridized carbons (Fsp3) is 0.545. The number of pyridine rings is 1. The first-order chi connectivity index (χ1) is 8.57. The molecule has 1 saturated carbocycles. The van der Waals surface area contributed by atoms with Crippen molar-refractivity contribution in [3.8, 4) is 0 Å². The van der Waals surface area contributed by atoms with Crippen LogP contribution in [0.25, 0.3) is 0 Å². The second-order valence-electron chi connectivity index (χ2n) is 4.32. The average Bonchev–Trinajstić information content (AvgIpc) is 2.26. The van der Waals surface area contributed by atoms with E-state index in [4.69, 9.17) is 10.8 Å². The number of hydrogen-bond donors (Lipinski definition) is 2. The zero-order valence-electron chi connectivity index (χ0n) is 9.99. The van der Waals surface area contributed by atoms with Crippen molar-refractivity contribution >= 4 is 15.7 Å². The summed E-state index contributed by atoms with van der Waals surface area (Å²) in [6.07, 6.45) is 4.07. The predicted octanol–water partition coefficient (Wildman–Crippen LogP) is 0.199. The average molecular weight is 271 g/mol. The van der Waals surface area contributed by atoms with Gasteiger partial charge < -0.3 is 10.8 Å². The first-order valence-electron chi connectivity index (χ1n) is 5.90. The summed E-state index contributed by atoms with van der Waals surface area (Å²) < 4.78 is 26.2. The van der Waals surface area contributed by atoms with Crippen molar-refractivity contribution in [2.45, 2.75) is 30.3 Å². The minimum Gasteiger partial charge on any atom is -0.396 e. The van der Waals surface area contributed by atoms with E-state index in [9.17, 15) is 8.42 Å². The summed E-state index contributed by atoms with van der Waals surface area (Å²) in [7, 11) is -3.72. The number of rotatable bonds is 5. The molecule has 1 aromatic rings. The summed E-state index contributed by atoms with van der Waals surface area (Å²) in [5.41, 5.74) is 5.81. The number of hydrogen-bond acceptors (Lipinski definition) is 5. The second kappa shape index (κ2) is 5.21. The molecule has 0 bridgehead atoms. The maximum absolute atomic E-state index is 12.4. The number of nitrogen functional groups attached to an aromatic ring is 1. The predicted molar refractivity (Wildman–Crippen MR) is 67.3 cm³/mol. The lowest BCUT2D eigenvalue weighted by Gasteiger charge is -2.35. The molecule has 2 rings (SSSR count). The molecule has 0 atom stereocenters. The van der Waals surface area contributed by atoms with Crippen molar-refractivity contribution in [3.05, 3.63) is 18.3 Å². The standard InChI is InChI=1S/C11H17N3O3S/c12-10-5-2-6-13-11(10)18(16,17)14(7-8-15)9-3-1-4-9/h2,5-6,9,15H,1,3-4,7-8,12H2. The largest absolute Gasteiger partial charge is 0.396 e. The normalized spacial score (nSPS) is 16.8. The highest BCUT2D eigenvalue weighted by molar-refractivity contribution is 7.89. The lowest BCUT2D eigenvalue weighted by atomic mass is 9.93. The monoisotopic (exact) mass is 271 g/mol. The van der Waals surface area contributed by atoms with E-state index >= 15 is 0 Å². The van der Waals surface area contributed by atoms with Crippen LogP contribution in [0, 0.1) is 0 Å². The SMILES string of the molecule is Nc1cccnc1S(=O)(=O)N(CCO)C1CCC1. The molecule has 18 heavy (non-hydrogen) atoms. The molecule has 0 spiro atoms. The van der Waals surface area contributed by atoms with Crippen LogP contribution < -0.4 is 5.73 Å². The van der Waals surface area contributed by atoms with Gasteiger partial charge in [0.2, 0.25) is 0 Å². The highest BCUT2D eigenvalue weighted by Crippen LogP contribution is 2.30. The maximum Gasteiger partial charge on any atom is 0.262 e. The molecular formula is C11H17N3O3S. The van der Waals surface area contributed by atoms with Crippen molar-refractivity contribution in [3.63, 3.8) is 0 Å². The molecule has 1 aromatic heterocycles. The third kappa shape index (κ3) is 2.33. The highest BCUT2D eigenvalue weighted by Gasteiger charge is 2.36. The number of nitrogens with two attached hydrogens (primary N) is 1. The van der Waals surface area contributed by atoms with Gasteiger partial charge in [-0.05, 0) is 25.0 Å². The molecule has 0 aromatic carbocycles. The van der Waals surface area contributed by atoms with Gasteiger partial charge in [0.05, 0.1) is 12.3 Å². The maximum atomic E-state index is 12.4. The van der Waals surface area contributed by atoms with E-state index < -0.39 is 10.0 Å². The van der Waals surface area contributed by atoms with Crippen LogP contribution in [-0.2, 0) is 10.0 Å². The van der Waals surface area contributed by atoms with Crippen LogP contribution in [0.4, 0.5) is 5.69 Å². The molecular weight excluding hydrogens is 254 g/mol. The Bertz CT molecular complexity index is 514. The van der Waals surface area contributed by atoms with Crippen LogP contribution in [0.1, 0.15) is 19.3 Å². The zero-order chi connectivity index (χ0) is 13.2. The van der Waals surface area contributed by atoms with Gasteiger partial charge in [-0.15, -0.1) is 0 Å². The van der Waals surface area contributed by atoms with E-state index in [0.717, 1.165) is 19.3 Å². The quantitative estimate of drug-likeness (QED) is 0.797. The Morgan fingerprint density at radius 3 is 2.72 bits per heavy atom. The van der Waals surface area contributed by atoms with Crippen molar-refractivity contribution in [2.24, 2.45) is 0 Å². The Kier molecular flexibility index (Phi) is 3.84. The van der Waals surface area contributed by atoms with Crippen LogP contribution >= 0.6 is 0 Å². The highest BCUT2D eigenvalue weighted by atomic mass is 32.2. The molecule has 1 heterocycles. The van der Waals surface area contributed by atoms with Crippen LogP contribution in [0.5, 0.6) is 0 Å². The molecule has 0 amide bonds. The summed E-state index contributed by atoms with van der Waals surface area (Å²) >= 11 is 0. The van der Waals surface area contributed by atoms with Crippen LogP contribution in [-0.4, -0.2) is 42.0 Å². The van der Waals surface area contributed by atoms with Gasteiger partial charge >= 0.3 is 0 Å². The van der Waals surface area contributed by atoms with Gasteiger partial charge in [0.1, 0.15) is 0 Å². The van der Waals surface area contributed by atoms with Gasteiger partial charge in [0.25, 0.3) is 10.0 Å². The summed E-state index contributed by atoms with van der Waals surface area (Å²) in [5.74, 6) is 0. The van der Waals surface area contributed by atoms with Crippen molar-refractivity contribution in [1.82, 2.24) is 9.29 Å². The third-order valence-electron chi connectivity index (χ3n) is 3.16. The smallest absolute Gasteiger partial charge is 0.262 e. The van der Waals surface area contributed by atoms with Crippen LogP contribution in [0.3, 0.4) is 0 Å². The Hall–Kier alpha value is -1.18. The van der Waals surface area contributed by atoms with Crippen LogP contribution in [0.15, 0.2) is 23.4 Å². The molecule has 0 radical (unpaired) electrons. The topological polar surface area (TPSA) is 96.5 Å². The molecule has 7 heteroatoms. The molecule has 1 aliphatic rings. The number of aromatic nitrogens is 1. The van der Waals surface area contributed by atoms with Gasteiger partial charge in [-0.2, -0.15) is 4.31 Å². The van der Waals surface area contributed by atoms with E-state index in [-0.39, 0.29) is 29.9 Å². The zero-order valence-corrected chi connectivity index (χ0v) is 10.8. The fourth-order valence-electron chi connectivity index (χ4n) is 2.00. The lowest BCUT2D eigenvalue weighted by Crippen LogP contribution is -2.45.